The average Bonchev–Trinajstić information content (AvgIpc) is 3.29. The highest BCUT2D eigenvalue weighted by molar-refractivity contribution is 6.01. The summed E-state index contributed by atoms with van der Waals surface area (Å²) in [5.41, 5.74) is 5.10. The fourth-order valence-electron chi connectivity index (χ4n) is 4.53. The minimum absolute atomic E-state index is 0.0448. The smallest absolute Gasteiger partial charge is 0.416 e. The molecular formula is C29H25F3N4O8. The van der Waals surface area contributed by atoms with Crippen molar-refractivity contribution in [3.8, 4) is 11.5 Å². The van der Waals surface area contributed by atoms with Gasteiger partial charge < -0.3 is 25.4 Å². The van der Waals surface area contributed by atoms with Gasteiger partial charge in [-0.1, -0.05) is 18.2 Å². The van der Waals surface area contributed by atoms with Crippen LogP contribution in [0.15, 0.2) is 66.7 Å². The summed E-state index contributed by atoms with van der Waals surface area (Å²) in [5, 5.41) is 13.1. The van der Waals surface area contributed by atoms with Crippen LogP contribution < -0.4 is 20.5 Å². The van der Waals surface area contributed by atoms with Crippen molar-refractivity contribution in [1.29, 1.82) is 0 Å². The zero-order valence-corrected chi connectivity index (χ0v) is 22.8. The number of rotatable bonds is 12. The Labute approximate surface area is 247 Å². The molecule has 1 heterocycles. The van der Waals surface area contributed by atoms with Crippen LogP contribution in [0.4, 0.5) is 18.9 Å². The zero-order chi connectivity index (χ0) is 32.0. The molecule has 0 saturated carbocycles. The van der Waals surface area contributed by atoms with Gasteiger partial charge in [0, 0.05) is 37.2 Å². The van der Waals surface area contributed by atoms with Gasteiger partial charge in [0.1, 0.15) is 17.5 Å². The van der Waals surface area contributed by atoms with Crippen LogP contribution in [0.1, 0.15) is 39.9 Å². The Bertz CT molecular complexity index is 1590. The lowest BCUT2D eigenvalue weighted by molar-refractivity contribution is -0.384. The monoisotopic (exact) mass is 614 g/mol. The minimum Gasteiger partial charge on any atom is -0.484 e. The molecule has 0 saturated heterocycles. The number of esters is 1. The zero-order valence-electron chi connectivity index (χ0n) is 22.8. The van der Waals surface area contributed by atoms with Gasteiger partial charge in [-0.05, 0) is 53.9 Å². The summed E-state index contributed by atoms with van der Waals surface area (Å²) in [6, 6.07) is 12.9. The molecule has 0 fully saturated rings. The molecule has 4 rings (SSSR count). The van der Waals surface area contributed by atoms with Gasteiger partial charge >= 0.3 is 12.1 Å². The van der Waals surface area contributed by atoms with E-state index < -0.39 is 53.0 Å². The third-order valence-corrected chi connectivity index (χ3v) is 6.68. The molecule has 12 nitrogen and oxygen atoms in total. The van der Waals surface area contributed by atoms with E-state index in [1.165, 1.54) is 53.4 Å². The van der Waals surface area contributed by atoms with Crippen LogP contribution in [0.25, 0.3) is 0 Å². The number of nitrogens with zero attached hydrogens (tertiary/aromatic N) is 2. The SMILES string of the molecule is NC(=O)C(CCC(=O)Oc1ccc([N+](=O)[O-])cc1)N1Cc2cc(OCC(=O)NCc3ccccc3C(F)(F)F)ccc2C1=O. The molecular weight excluding hydrogens is 589 g/mol. The average molecular weight is 615 g/mol. The number of nitro groups is 1. The first kappa shape index (κ1) is 31.5. The lowest BCUT2D eigenvalue weighted by atomic mass is 10.1. The maximum Gasteiger partial charge on any atom is 0.416 e. The summed E-state index contributed by atoms with van der Waals surface area (Å²) in [6.45, 7) is -0.913. The third-order valence-electron chi connectivity index (χ3n) is 6.68. The number of halogens is 3. The van der Waals surface area contributed by atoms with E-state index in [-0.39, 0.29) is 54.2 Å². The Morgan fingerprint density at radius 3 is 2.39 bits per heavy atom. The van der Waals surface area contributed by atoms with Crippen LogP contribution in [0.5, 0.6) is 11.5 Å². The molecule has 1 unspecified atom stereocenters. The Morgan fingerprint density at radius 2 is 1.73 bits per heavy atom. The molecule has 0 aromatic heterocycles. The summed E-state index contributed by atoms with van der Waals surface area (Å²) in [7, 11) is 0. The second kappa shape index (κ2) is 13.2. The molecule has 0 spiro atoms. The molecule has 0 bridgehead atoms. The van der Waals surface area contributed by atoms with Gasteiger partial charge in [0.2, 0.25) is 5.91 Å². The van der Waals surface area contributed by atoms with Crippen molar-refractivity contribution >= 4 is 29.4 Å². The predicted octanol–water partition coefficient (Wildman–Crippen LogP) is 3.50. The van der Waals surface area contributed by atoms with Gasteiger partial charge in [-0.15, -0.1) is 0 Å². The van der Waals surface area contributed by atoms with Gasteiger partial charge in [-0.2, -0.15) is 13.2 Å². The second-order valence-corrected chi connectivity index (χ2v) is 9.65. The van der Waals surface area contributed by atoms with Crippen LogP contribution in [-0.4, -0.2) is 46.2 Å². The summed E-state index contributed by atoms with van der Waals surface area (Å²) >= 11 is 0. The van der Waals surface area contributed by atoms with E-state index in [2.05, 4.69) is 5.32 Å². The number of carbonyl (C=O) groups is 4. The summed E-state index contributed by atoms with van der Waals surface area (Å²) in [5.74, 6) is -2.52. The standard InChI is InChI=1S/C29H25F3N4O8/c30-29(31,32)23-4-2-1-3-17(23)14-34-25(37)16-43-21-9-10-22-18(13-21)15-35(28(22)40)24(27(33)39)11-12-26(38)44-20-7-5-19(6-8-20)36(41)42/h1-10,13,24H,11-12,14-16H2,(H2,33,39)(H,34,37). The molecule has 3 aromatic rings. The molecule has 44 heavy (non-hydrogen) atoms. The number of fused-ring (bicyclic) bond motifs is 1. The molecule has 1 aliphatic rings. The molecule has 15 heteroatoms. The number of nitrogens with two attached hydrogens (primary N) is 1. The van der Waals surface area contributed by atoms with Crippen LogP contribution in [0.3, 0.4) is 0 Å². The number of ether oxygens (including phenoxy) is 2. The molecule has 1 atom stereocenters. The van der Waals surface area contributed by atoms with Crippen molar-refractivity contribution in [3.05, 3.63) is 99.1 Å². The number of nitrogens with one attached hydrogen (secondary N) is 1. The Kier molecular flexibility index (Phi) is 9.46. The van der Waals surface area contributed by atoms with E-state index >= 15 is 0 Å². The number of hydrogen-bond donors (Lipinski definition) is 2. The Hall–Kier alpha value is -5.47. The van der Waals surface area contributed by atoms with Gasteiger partial charge in [-0.25, -0.2) is 0 Å². The summed E-state index contributed by atoms with van der Waals surface area (Å²) in [4.78, 5) is 61.2. The largest absolute Gasteiger partial charge is 0.484 e. The topological polar surface area (TPSA) is 171 Å². The van der Waals surface area contributed by atoms with Gasteiger partial charge in [0.05, 0.1) is 10.5 Å². The second-order valence-electron chi connectivity index (χ2n) is 9.65. The molecule has 0 radical (unpaired) electrons. The highest BCUT2D eigenvalue weighted by Crippen LogP contribution is 2.32. The summed E-state index contributed by atoms with van der Waals surface area (Å²) in [6.07, 6.45) is -5.01. The van der Waals surface area contributed by atoms with Crippen molar-refractivity contribution in [2.45, 2.75) is 38.1 Å². The molecule has 3 amide bonds. The van der Waals surface area contributed by atoms with Gasteiger partial charge in [0.25, 0.3) is 17.5 Å². The maximum atomic E-state index is 13.2. The van der Waals surface area contributed by atoms with Crippen molar-refractivity contribution in [3.63, 3.8) is 0 Å². The van der Waals surface area contributed by atoms with E-state index in [4.69, 9.17) is 15.2 Å². The quantitative estimate of drug-likeness (QED) is 0.135. The predicted molar refractivity (Wildman–Crippen MR) is 146 cm³/mol. The number of hydrogen-bond acceptors (Lipinski definition) is 8. The molecule has 3 N–H and O–H groups in total. The highest BCUT2D eigenvalue weighted by atomic mass is 19.4. The number of amides is 3. The number of primary amides is 1. The van der Waals surface area contributed by atoms with E-state index in [1.807, 2.05) is 0 Å². The normalized spacial score (nSPS) is 13.2. The van der Waals surface area contributed by atoms with Crippen molar-refractivity contribution in [2.75, 3.05) is 6.61 Å². The number of carbonyl (C=O) groups excluding carboxylic acids is 4. The molecule has 1 aliphatic heterocycles. The van der Waals surface area contributed by atoms with Crippen LogP contribution in [0.2, 0.25) is 0 Å². The van der Waals surface area contributed by atoms with E-state index in [9.17, 15) is 42.5 Å². The maximum absolute atomic E-state index is 13.2. The van der Waals surface area contributed by atoms with E-state index in [1.54, 1.807) is 0 Å². The van der Waals surface area contributed by atoms with E-state index in [0.29, 0.717) is 5.56 Å². The fourth-order valence-corrected chi connectivity index (χ4v) is 4.53. The number of non-ortho nitro benzene ring substituents is 1. The minimum atomic E-state index is -4.57. The molecule has 230 valence electrons. The van der Waals surface area contributed by atoms with Crippen molar-refractivity contribution in [1.82, 2.24) is 10.2 Å². The van der Waals surface area contributed by atoms with Crippen molar-refractivity contribution < 1.29 is 46.7 Å². The first-order chi connectivity index (χ1) is 20.8. The van der Waals surface area contributed by atoms with E-state index in [0.717, 1.165) is 18.2 Å². The highest BCUT2D eigenvalue weighted by Gasteiger charge is 2.36. The number of alkyl halides is 3. The lowest BCUT2D eigenvalue weighted by Crippen LogP contribution is -2.45. The molecule has 0 aliphatic carbocycles. The van der Waals surface area contributed by atoms with Crippen LogP contribution in [-0.2, 0) is 33.6 Å². The lowest BCUT2D eigenvalue weighted by Gasteiger charge is -2.24. The number of nitro benzene ring substituents is 1. The number of benzene rings is 3. The van der Waals surface area contributed by atoms with Gasteiger partial charge in [-0.3, -0.25) is 29.3 Å². The van der Waals surface area contributed by atoms with Crippen LogP contribution >= 0.6 is 0 Å². The summed E-state index contributed by atoms with van der Waals surface area (Å²) < 4.78 is 50.1. The molecule has 3 aromatic carbocycles. The van der Waals surface area contributed by atoms with Crippen LogP contribution in [0, 0.1) is 10.1 Å². The Morgan fingerprint density at radius 1 is 1.05 bits per heavy atom. The first-order valence-electron chi connectivity index (χ1n) is 13.1. The Balaban J connectivity index is 1.31. The van der Waals surface area contributed by atoms with Gasteiger partial charge in [0.15, 0.2) is 6.61 Å². The third kappa shape index (κ3) is 7.67. The first-order valence-corrected chi connectivity index (χ1v) is 13.1. The fraction of sp³-hybridized carbons (Fsp3) is 0.241. The van der Waals surface area contributed by atoms with Crippen molar-refractivity contribution in [2.24, 2.45) is 5.73 Å².